The number of nitrogens with one attached hydrogen (secondary N) is 1. The van der Waals surface area contributed by atoms with Gasteiger partial charge in [0.05, 0.1) is 6.61 Å². The second-order valence-corrected chi connectivity index (χ2v) is 3.95. The van der Waals surface area contributed by atoms with Crippen molar-refractivity contribution in [3.8, 4) is 5.75 Å². The van der Waals surface area contributed by atoms with Crippen LogP contribution < -0.4 is 10.1 Å². The number of para-hydroxylation sites is 1. The summed E-state index contributed by atoms with van der Waals surface area (Å²) in [4.78, 5) is 0. The van der Waals surface area contributed by atoms with Crippen LogP contribution in [0, 0.1) is 11.7 Å². The number of piperidine rings is 1. The van der Waals surface area contributed by atoms with Crippen molar-refractivity contribution in [3.05, 3.63) is 30.1 Å². The Balaban J connectivity index is 1.84. The molecule has 1 saturated heterocycles. The summed E-state index contributed by atoms with van der Waals surface area (Å²) in [7, 11) is 0. The van der Waals surface area contributed by atoms with Crippen molar-refractivity contribution < 1.29 is 9.13 Å². The lowest BCUT2D eigenvalue weighted by atomic mass is 10.0. The first-order chi connectivity index (χ1) is 7.36. The molecule has 0 unspecified atom stereocenters. The Hall–Kier alpha value is -1.09. The zero-order valence-corrected chi connectivity index (χ0v) is 8.71. The molecule has 1 aromatic rings. The number of ether oxygens (including phenoxy) is 1. The van der Waals surface area contributed by atoms with Gasteiger partial charge in [0.1, 0.15) is 0 Å². The maximum Gasteiger partial charge on any atom is 0.165 e. The Labute approximate surface area is 89.4 Å². The third kappa shape index (κ3) is 2.93. The van der Waals surface area contributed by atoms with Gasteiger partial charge in [0, 0.05) is 12.5 Å². The molecule has 0 aromatic heterocycles. The molecule has 2 nitrogen and oxygen atoms in total. The lowest BCUT2D eigenvalue weighted by Gasteiger charge is -2.22. The average Bonchev–Trinajstić information content (AvgIpc) is 2.29. The van der Waals surface area contributed by atoms with Gasteiger partial charge in [-0.25, -0.2) is 4.39 Å². The zero-order chi connectivity index (χ0) is 10.5. The summed E-state index contributed by atoms with van der Waals surface area (Å²) in [6, 6.07) is 6.56. The van der Waals surface area contributed by atoms with Crippen LogP contribution in [0.25, 0.3) is 0 Å². The number of halogens is 1. The molecular weight excluding hydrogens is 193 g/mol. The average molecular weight is 209 g/mol. The fraction of sp³-hybridized carbons (Fsp3) is 0.500. The molecule has 1 aromatic carbocycles. The summed E-state index contributed by atoms with van der Waals surface area (Å²) in [5.41, 5.74) is 0. The maximum atomic E-state index is 13.2. The van der Waals surface area contributed by atoms with Crippen LogP contribution in [0.1, 0.15) is 12.8 Å². The standard InChI is InChI=1S/C12H16FNO/c13-11-5-1-2-6-12(11)15-9-10-4-3-7-14-8-10/h1-2,5-6,10,14H,3-4,7-9H2/t10-/m0/s1. The zero-order valence-electron chi connectivity index (χ0n) is 8.71. The predicted octanol–water partition coefficient (Wildman–Crippen LogP) is 2.20. The number of rotatable bonds is 3. The minimum absolute atomic E-state index is 0.277. The summed E-state index contributed by atoms with van der Waals surface area (Å²) in [5.74, 6) is 0.600. The van der Waals surface area contributed by atoms with Crippen molar-refractivity contribution >= 4 is 0 Å². The van der Waals surface area contributed by atoms with Gasteiger partial charge >= 0.3 is 0 Å². The molecule has 82 valence electrons. The summed E-state index contributed by atoms with van der Waals surface area (Å²) >= 11 is 0. The monoisotopic (exact) mass is 209 g/mol. The van der Waals surface area contributed by atoms with E-state index in [1.165, 1.54) is 18.9 Å². The molecule has 1 aliphatic rings. The van der Waals surface area contributed by atoms with Gasteiger partial charge in [-0.1, -0.05) is 12.1 Å². The first kappa shape index (κ1) is 10.4. The van der Waals surface area contributed by atoms with E-state index in [9.17, 15) is 4.39 Å². The Morgan fingerprint density at radius 1 is 1.40 bits per heavy atom. The van der Waals surface area contributed by atoms with Gasteiger partial charge in [-0.2, -0.15) is 0 Å². The molecule has 0 aliphatic carbocycles. The maximum absolute atomic E-state index is 13.2. The van der Waals surface area contributed by atoms with E-state index < -0.39 is 0 Å². The fourth-order valence-electron chi connectivity index (χ4n) is 1.84. The van der Waals surface area contributed by atoms with Crippen LogP contribution in [0.3, 0.4) is 0 Å². The van der Waals surface area contributed by atoms with Gasteiger partial charge in [-0.05, 0) is 31.5 Å². The molecule has 1 heterocycles. The van der Waals surface area contributed by atoms with Gasteiger partial charge in [-0.15, -0.1) is 0 Å². The van der Waals surface area contributed by atoms with E-state index in [0.717, 1.165) is 13.1 Å². The molecule has 1 atom stereocenters. The van der Waals surface area contributed by atoms with Crippen LogP contribution >= 0.6 is 0 Å². The molecule has 15 heavy (non-hydrogen) atoms. The fourth-order valence-corrected chi connectivity index (χ4v) is 1.84. The van der Waals surface area contributed by atoms with Crippen molar-refractivity contribution in [2.45, 2.75) is 12.8 Å². The highest BCUT2D eigenvalue weighted by atomic mass is 19.1. The third-order valence-corrected chi connectivity index (χ3v) is 2.71. The Kier molecular flexibility index (Phi) is 3.56. The van der Waals surface area contributed by atoms with Crippen LogP contribution in [0.5, 0.6) is 5.75 Å². The molecule has 2 rings (SSSR count). The summed E-state index contributed by atoms with van der Waals surface area (Å²) in [5, 5.41) is 3.31. The second kappa shape index (κ2) is 5.12. The highest BCUT2D eigenvalue weighted by Crippen LogP contribution is 2.18. The van der Waals surface area contributed by atoms with E-state index in [1.807, 2.05) is 0 Å². The second-order valence-electron chi connectivity index (χ2n) is 3.95. The minimum Gasteiger partial charge on any atom is -0.490 e. The van der Waals surface area contributed by atoms with Crippen molar-refractivity contribution in [1.29, 1.82) is 0 Å². The lowest BCUT2D eigenvalue weighted by Crippen LogP contribution is -2.33. The molecular formula is C12H16FNO. The van der Waals surface area contributed by atoms with E-state index in [4.69, 9.17) is 4.74 Å². The van der Waals surface area contributed by atoms with E-state index in [1.54, 1.807) is 18.2 Å². The lowest BCUT2D eigenvalue weighted by molar-refractivity contribution is 0.211. The van der Waals surface area contributed by atoms with E-state index in [-0.39, 0.29) is 5.82 Å². The minimum atomic E-state index is -0.277. The first-order valence-corrected chi connectivity index (χ1v) is 5.44. The topological polar surface area (TPSA) is 21.3 Å². The molecule has 1 N–H and O–H groups in total. The molecule has 0 amide bonds. The van der Waals surface area contributed by atoms with Gasteiger partial charge in [0.25, 0.3) is 0 Å². The largest absolute Gasteiger partial charge is 0.490 e. The molecule has 0 saturated carbocycles. The van der Waals surface area contributed by atoms with Crippen LogP contribution in [-0.2, 0) is 0 Å². The van der Waals surface area contributed by atoms with Gasteiger partial charge in [0.15, 0.2) is 11.6 Å². The molecule has 0 bridgehead atoms. The van der Waals surface area contributed by atoms with Crippen molar-refractivity contribution in [2.24, 2.45) is 5.92 Å². The van der Waals surface area contributed by atoms with E-state index >= 15 is 0 Å². The number of hydrogen-bond donors (Lipinski definition) is 1. The number of benzene rings is 1. The van der Waals surface area contributed by atoms with Crippen LogP contribution in [0.4, 0.5) is 4.39 Å². The Morgan fingerprint density at radius 2 is 2.27 bits per heavy atom. The smallest absolute Gasteiger partial charge is 0.165 e. The highest BCUT2D eigenvalue weighted by Gasteiger charge is 2.14. The summed E-state index contributed by atoms with van der Waals surface area (Å²) in [6.45, 7) is 2.68. The predicted molar refractivity (Wildman–Crippen MR) is 57.5 cm³/mol. The van der Waals surface area contributed by atoms with Gasteiger partial charge in [-0.3, -0.25) is 0 Å². The quantitative estimate of drug-likeness (QED) is 0.824. The third-order valence-electron chi connectivity index (χ3n) is 2.71. The SMILES string of the molecule is Fc1ccccc1OC[C@H]1CCCNC1. The highest BCUT2D eigenvalue weighted by molar-refractivity contribution is 5.23. The summed E-state index contributed by atoms with van der Waals surface area (Å²) in [6.07, 6.45) is 2.35. The molecule has 1 fully saturated rings. The van der Waals surface area contributed by atoms with Crippen LogP contribution in [-0.4, -0.2) is 19.7 Å². The molecule has 0 radical (unpaired) electrons. The Bertz CT molecular complexity index is 310. The Morgan fingerprint density at radius 3 is 3.00 bits per heavy atom. The normalized spacial score (nSPS) is 21.3. The molecule has 0 spiro atoms. The van der Waals surface area contributed by atoms with Gasteiger partial charge in [0.2, 0.25) is 0 Å². The first-order valence-electron chi connectivity index (χ1n) is 5.44. The van der Waals surface area contributed by atoms with Crippen molar-refractivity contribution in [2.75, 3.05) is 19.7 Å². The number of hydrogen-bond acceptors (Lipinski definition) is 2. The van der Waals surface area contributed by atoms with E-state index in [2.05, 4.69) is 5.32 Å². The molecule has 3 heteroatoms. The van der Waals surface area contributed by atoms with Gasteiger partial charge < -0.3 is 10.1 Å². The van der Waals surface area contributed by atoms with Crippen molar-refractivity contribution in [3.63, 3.8) is 0 Å². The van der Waals surface area contributed by atoms with Crippen molar-refractivity contribution in [1.82, 2.24) is 5.32 Å². The van der Waals surface area contributed by atoms with Crippen LogP contribution in [0.2, 0.25) is 0 Å². The molecule has 1 aliphatic heterocycles. The summed E-state index contributed by atoms with van der Waals surface area (Å²) < 4.78 is 18.7. The van der Waals surface area contributed by atoms with E-state index in [0.29, 0.717) is 18.3 Å². The van der Waals surface area contributed by atoms with Crippen LogP contribution in [0.15, 0.2) is 24.3 Å².